The smallest absolute Gasteiger partial charge is 0.387 e. The Morgan fingerprint density at radius 2 is 2.00 bits per heavy atom. The van der Waals surface area contributed by atoms with Crippen molar-refractivity contribution in [3.63, 3.8) is 0 Å². The standard InChI is InChI=1S/C16H17F2NO3S/c17-16(18)22-13-7-9-23-14(13)15(21)19-10-12(6-8-20)11-4-2-1-3-5-11/h1-5,7,9,12,16,20H,6,8,10H2,(H,19,21). The second-order valence-electron chi connectivity index (χ2n) is 4.82. The molecule has 0 radical (unpaired) electrons. The van der Waals surface area contributed by atoms with Gasteiger partial charge in [0.2, 0.25) is 0 Å². The summed E-state index contributed by atoms with van der Waals surface area (Å²) in [5, 5.41) is 13.4. The molecular weight excluding hydrogens is 324 g/mol. The first-order valence-corrected chi connectivity index (χ1v) is 7.96. The maximum atomic E-state index is 12.3. The number of aliphatic hydroxyl groups is 1. The lowest BCUT2D eigenvalue weighted by Crippen LogP contribution is -2.28. The number of nitrogens with one attached hydrogen (secondary N) is 1. The van der Waals surface area contributed by atoms with Crippen molar-refractivity contribution < 1.29 is 23.4 Å². The van der Waals surface area contributed by atoms with Gasteiger partial charge in [0, 0.05) is 19.1 Å². The highest BCUT2D eigenvalue weighted by molar-refractivity contribution is 7.12. The van der Waals surface area contributed by atoms with Crippen LogP contribution in [-0.2, 0) is 0 Å². The molecule has 0 aliphatic rings. The highest BCUT2D eigenvalue weighted by Crippen LogP contribution is 2.26. The van der Waals surface area contributed by atoms with Crippen molar-refractivity contribution >= 4 is 17.2 Å². The number of rotatable bonds is 8. The largest absolute Gasteiger partial charge is 0.433 e. The third-order valence-corrected chi connectivity index (χ3v) is 4.20. The Morgan fingerprint density at radius 3 is 2.65 bits per heavy atom. The van der Waals surface area contributed by atoms with Crippen molar-refractivity contribution in [2.45, 2.75) is 19.0 Å². The SMILES string of the molecule is O=C(NCC(CCO)c1ccccc1)c1sccc1OC(F)F. The summed E-state index contributed by atoms with van der Waals surface area (Å²) in [7, 11) is 0. The first kappa shape index (κ1) is 17.4. The van der Waals surface area contributed by atoms with Crippen LogP contribution in [0.2, 0.25) is 0 Å². The molecule has 0 aliphatic heterocycles. The number of halogens is 2. The second kappa shape index (κ2) is 8.59. The minimum atomic E-state index is -2.97. The molecule has 0 saturated heterocycles. The van der Waals surface area contributed by atoms with Crippen LogP contribution in [0, 0.1) is 0 Å². The molecule has 0 saturated carbocycles. The van der Waals surface area contributed by atoms with Gasteiger partial charge in [0.25, 0.3) is 5.91 Å². The van der Waals surface area contributed by atoms with E-state index in [-0.39, 0.29) is 23.2 Å². The number of hydrogen-bond donors (Lipinski definition) is 2. The van der Waals surface area contributed by atoms with E-state index in [1.807, 2.05) is 30.3 Å². The summed E-state index contributed by atoms with van der Waals surface area (Å²) in [6.45, 7) is -2.67. The van der Waals surface area contributed by atoms with Crippen LogP contribution in [0.15, 0.2) is 41.8 Å². The average Bonchev–Trinajstić information content (AvgIpc) is 2.99. The quantitative estimate of drug-likeness (QED) is 0.775. The molecule has 1 unspecified atom stereocenters. The molecule has 0 bridgehead atoms. The first-order valence-electron chi connectivity index (χ1n) is 7.08. The zero-order valence-corrected chi connectivity index (χ0v) is 13.1. The van der Waals surface area contributed by atoms with Crippen LogP contribution in [0.25, 0.3) is 0 Å². The molecule has 7 heteroatoms. The minimum absolute atomic E-state index is 0.00578. The Kier molecular flexibility index (Phi) is 6.49. The molecule has 0 spiro atoms. The lowest BCUT2D eigenvalue weighted by Gasteiger charge is -2.17. The molecule has 124 valence electrons. The second-order valence-corrected chi connectivity index (χ2v) is 5.74. The van der Waals surface area contributed by atoms with E-state index in [2.05, 4.69) is 10.1 Å². The first-order chi connectivity index (χ1) is 11.1. The van der Waals surface area contributed by atoms with Gasteiger partial charge in [-0.2, -0.15) is 8.78 Å². The topological polar surface area (TPSA) is 58.6 Å². The highest BCUT2D eigenvalue weighted by Gasteiger charge is 2.19. The molecule has 1 heterocycles. The number of amides is 1. The molecule has 2 aromatic rings. The van der Waals surface area contributed by atoms with Gasteiger partial charge in [0.15, 0.2) is 0 Å². The van der Waals surface area contributed by atoms with E-state index in [0.29, 0.717) is 13.0 Å². The molecule has 1 aromatic carbocycles. The maximum absolute atomic E-state index is 12.3. The summed E-state index contributed by atoms with van der Waals surface area (Å²) in [5.74, 6) is -0.639. The lowest BCUT2D eigenvalue weighted by atomic mass is 9.96. The van der Waals surface area contributed by atoms with Gasteiger partial charge in [-0.25, -0.2) is 0 Å². The predicted molar refractivity (Wildman–Crippen MR) is 84.2 cm³/mol. The van der Waals surface area contributed by atoms with E-state index in [0.717, 1.165) is 16.9 Å². The number of ether oxygens (including phenoxy) is 1. The van der Waals surface area contributed by atoms with Gasteiger partial charge in [-0.1, -0.05) is 30.3 Å². The Hall–Kier alpha value is -1.99. The zero-order chi connectivity index (χ0) is 16.7. The van der Waals surface area contributed by atoms with Gasteiger partial charge >= 0.3 is 6.61 Å². The van der Waals surface area contributed by atoms with Crippen LogP contribution in [0.3, 0.4) is 0 Å². The van der Waals surface area contributed by atoms with Crippen LogP contribution >= 0.6 is 11.3 Å². The maximum Gasteiger partial charge on any atom is 0.387 e. The van der Waals surface area contributed by atoms with Crippen molar-refractivity contribution in [1.82, 2.24) is 5.32 Å². The van der Waals surface area contributed by atoms with Gasteiger partial charge in [0.05, 0.1) is 0 Å². The number of hydrogen-bond acceptors (Lipinski definition) is 4. The zero-order valence-electron chi connectivity index (χ0n) is 12.2. The number of carbonyl (C=O) groups excluding carboxylic acids is 1. The van der Waals surface area contributed by atoms with Crippen LogP contribution in [0.5, 0.6) is 5.75 Å². The Morgan fingerprint density at radius 1 is 1.26 bits per heavy atom. The third kappa shape index (κ3) is 5.01. The summed E-state index contributed by atoms with van der Waals surface area (Å²) in [6, 6.07) is 10.8. The molecule has 1 atom stereocenters. The van der Waals surface area contributed by atoms with Gasteiger partial charge in [0.1, 0.15) is 10.6 Å². The average molecular weight is 341 g/mol. The fourth-order valence-electron chi connectivity index (χ4n) is 2.22. The molecule has 1 aromatic heterocycles. The number of aliphatic hydroxyl groups excluding tert-OH is 1. The van der Waals surface area contributed by atoms with Crippen molar-refractivity contribution in [1.29, 1.82) is 0 Å². The lowest BCUT2D eigenvalue weighted by molar-refractivity contribution is -0.0498. The fraction of sp³-hybridized carbons (Fsp3) is 0.312. The summed E-state index contributed by atoms with van der Waals surface area (Å²) >= 11 is 1.04. The summed E-state index contributed by atoms with van der Waals surface area (Å²) < 4.78 is 28.9. The summed E-state index contributed by atoms with van der Waals surface area (Å²) in [6.07, 6.45) is 0.495. The molecule has 0 fully saturated rings. The van der Waals surface area contributed by atoms with Crippen molar-refractivity contribution in [3.05, 3.63) is 52.2 Å². The van der Waals surface area contributed by atoms with Gasteiger partial charge < -0.3 is 15.2 Å². The number of benzene rings is 1. The molecule has 1 amide bonds. The third-order valence-electron chi connectivity index (χ3n) is 3.31. The molecular formula is C16H17F2NO3S. The van der Waals surface area contributed by atoms with Gasteiger partial charge in [-0.15, -0.1) is 11.3 Å². The van der Waals surface area contributed by atoms with E-state index in [4.69, 9.17) is 0 Å². The van der Waals surface area contributed by atoms with E-state index in [1.54, 1.807) is 0 Å². The number of thiophene rings is 1. The monoisotopic (exact) mass is 341 g/mol. The Labute approximate surface area is 136 Å². The molecule has 2 N–H and O–H groups in total. The van der Waals surface area contributed by atoms with Crippen LogP contribution in [0.1, 0.15) is 27.6 Å². The minimum Gasteiger partial charge on any atom is -0.433 e. The van der Waals surface area contributed by atoms with Crippen LogP contribution in [0.4, 0.5) is 8.78 Å². The normalized spacial score (nSPS) is 12.2. The van der Waals surface area contributed by atoms with E-state index in [1.165, 1.54) is 11.4 Å². The van der Waals surface area contributed by atoms with Crippen LogP contribution in [-0.4, -0.2) is 30.8 Å². The number of alkyl halides is 2. The fourth-order valence-corrected chi connectivity index (χ4v) is 2.95. The van der Waals surface area contributed by atoms with Crippen molar-refractivity contribution in [3.8, 4) is 5.75 Å². The van der Waals surface area contributed by atoms with Gasteiger partial charge in [-0.05, 0) is 23.4 Å². The van der Waals surface area contributed by atoms with E-state index in [9.17, 15) is 18.7 Å². The van der Waals surface area contributed by atoms with Gasteiger partial charge in [-0.3, -0.25) is 4.79 Å². The number of carbonyl (C=O) groups is 1. The molecule has 23 heavy (non-hydrogen) atoms. The Balaban J connectivity index is 2.01. The van der Waals surface area contributed by atoms with Crippen molar-refractivity contribution in [2.75, 3.05) is 13.2 Å². The highest BCUT2D eigenvalue weighted by atomic mass is 32.1. The van der Waals surface area contributed by atoms with Crippen molar-refractivity contribution in [2.24, 2.45) is 0 Å². The van der Waals surface area contributed by atoms with E-state index >= 15 is 0 Å². The van der Waals surface area contributed by atoms with Crippen LogP contribution < -0.4 is 10.1 Å². The molecule has 0 aliphatic carbocycles. The summed E-state index contributed by atoms with van der Waals surface area (Å²) in [5.41, 5.74) is 0.997. The molecule has 4 nitrogen and oxygen atoms in total. The molecule has 2 rings (SSSR count). The van der Waals surface area contributed by atoms with E-state index < -0.39 is 12.5 Å². The Bertz CT molecular complexity index is 619. The predicted octanol–water partition coefficient (Wildman–Crippen LogP) is 3.25. The summed E-state index contributed by atoms with van der Waals surface area (Å²) in [4.78, 5) is 12.3.